The van der Waals surface area contributed by atoms with E-state index in [4.69, 9.17) is 5.11 Å². The molecule has 29 heavy (non-hydrogen) atoms. The quantitative estimate of drug-likeness (QED) is 0.425. The van der Waals surface area contributed by atoms with E-state index in [1.54, 1.807) is 23.9 Å². The van der Waals surface area contributed by atoms with Crippen LogP contribution in [0.25, 0.3) is 0 Å². The lowest BCUT2D eigenvalue weighted by molar-refractivity contribution is -0.128. The monoisotopic (exact) mass is 421 g/mol. The summed E-state index contributed by atoms with van der Waals surface area (Å²) >= 11 is 1.70. The summed E-state index contributed by atoms with van der Waals surface area (Å²) in [6.07, 6.45) is 9.90. The van der Waals surface area contributed by atoms with Crippen LogP contribution in [0.15, 0.2) is 24.3 Å². The number of carbonyl (C=O) groups is 2. The molecular formula is C23H35NO4S. The minimum atomic E-state index is -0.906. The predicted molar refractivity (Wildman–Crippen MR) is 118 cm³/mol. The number of amides is 1. The van der Waals surface area contributed by atoms with Crippen molar-refractivity contribution < 1.29 is 19.8 Å². The molecule has 0 bridgehead atoms. The summed E-state index contributed by atoms with van der Waals surface area (Å²) in [6.45, 7) is 2.84. The zero-order chi connectivity index (χ0) is 21.1. The van der Waals surface area contributed by atoms with Gasteiger partial charge < -0.3 is 15.1 Å². The van der Waals surface area contributed by atoms with E-state index in [1.807, 2.05) is 17.0 Å². The number of hydrogen-bond donors (Lipinski definition) is 2. The van der Waals surface area contributed by atoms with Crippen molar-refractivity contribution in [2.24, 2.45) is 0 Å². The van der Waals surface area contributed by atoms with Crippen molar-refractivity contribution in [2.75, 3.05) is 12.3 Å². The minimum Gasteiger partial charge on any atom is -0.478 e. The second-order valence-electron chi connectivity index (χ2n) is 7.89. The van der Waals surface area contributed by atoms with Crippen molar-refractivity contribution in [3.8, 4) is 0 Å². The molecule has 0 spiro atoms. The first kappa shape index (κ1) is 23.7. The Morgan fingerprint density at radius 1 is 1.14 bits per heavy atom. The van der Waals surface area contributed by atoms with Gasteiger partial charge in [-0.1, -0.05) is 51.2 Å². The van der Waals surface area contributed by atoms with Crippen LogP contribution in [-0.4, -0.2) is 50.8 Å². The van der Waals surface area contributed by atoms with E-state index in [2.05, 4.69) is 6.92 Å². The highest BCUT2D eigenvalue weighted by Crippen LogP contribution is 2.29. The van der Waals surface area contributed by atoms with E-state index in [0.717, 1.165) is 37.7 Å². The fourth-order valence-corrected chi connectivity index (χ4v) is 4.96. The van der Waals surface area contributed by atoms with Gasteiger partial charge in [0.2, 0.25) is 5.91 Å². The van der Waals surface area contributed by atoms with Crippen molar-refractivity contribution in [1.82, 2.24) is 4.90 Å². The highest BCUT2D eigenvalue weighted by atomic mass is 32.2. The highest BCUT2D eigenvalue weighted by Gasteiger charge is 2.31. The molecule has 1 heterocycles. The normalized spacial score (nSPS) is 17.7. The maximum Gasteiger partial charge on any atom is 0.335 e. The number of aromatic carboxylic acids is 1. The Bertz CT molecular complexity index is 634. The summed E-state index contributed by atoms with van der Waals surface area (Å²) in [5.41, 5.74) is 1.43. The lowest BCUT2D eigenvalue weighted by atomic mass is 10.0. The summed E-state index contributed by atoms with van der Waals surface area (Å²) in [6, 6.07) is 7.01. The molecule has 6 heteroatoms. The van der Waals surface area contributed by atoms with E-state index in [1.165, 1.54) is 25.7 Å². The molecular weight excluding hydrogens is 386 g/mol. The Morgan fingerprint density at radius 2 is 1.86 bits per heavy atom. The molecule has 1 aliphatic heterocycles. The Hall–Kier alpha value is -1.53. The molecule has 0 aromatic heterocycles. The lowest BCUT2D eigenvalue weighted by Crippen LogP contribution is -2.35. The number of hydrogen-bond acceptors (Lipinski definition) is 4. The van der Waals surface area contributed by atoms with E-state index >= 15 is 0 Å². The average molecular weight is 422 g/mol. The molecule has 1 fully saturated rings. The average Bonchev–Trinajstić information content (AvgIpc) is 3.06. The minimum absolute atomic E-state index is 0.181. The molecule has 1 amide bonds. The second kappa shape index (κ2) is 12.9. The number of carboxylic acids is 1. The summed E-state index contributed by atoms with van der Waals surface area (Å²) < 4.78 is 0. The Balaban J connectivity index is 1.69. The molecule has 1 aromatic carbocycles. The third-order valence-electron chi connectivity index (χ3n) is 5.53. The van der Waals surface area contributed by atoms with Crippen LogP contribution in [0.5, 0.6) is 0 Å². The van der Waals surface area contributed by atoms with Crippen molar-refractivity contribution in [1.29, 1.82) is 0 Å². The molecule has 0 aliphatic carbocycles. The first-order valence-electron chi connectivity index (χ1n) is 10.9. The van der Waals surface area contributed by atoms with E-state index in [9.17, 15) is 14.7 Å². The molecule has 0 unspecified atom stereocenters. The zero-order valence-electron chi connectivity index (χ0n) is 17.5. The molecule has 5 nitrogen and oxygen atoms in total. The topological polar surface area (TPSA) is 77.8 Å². The van der Waals surface area contributed by atoms with E-state index < -0.39 is 5.97 Å². The smallest absolute Gasteiger partial charge is 0.335 e. The molecule has 2 atom stereocenters. The van der Waals surface area contributed by atoms with Gasteiger partial charge >= 0.3 is 5.97 Å². The molecule has 1 aliphatic rings. The molecule has 162 valence electrons. The van der Waals surface area contributed by atoms with Gasteiger partial charge in [0.25, 0.3) is 0 Å². The van der Waals surface area contributed by atoms with Crippen LogP contribution in [0.2, 0.25) is 0 Å². The van der Waals surface area contributed by atoms with Gasteiger partial charge in [-0.05, 0) is 49.8 Å². The van der Waals surface area contributed by atoms with Crippen LogP contribution in [0.3, 0.4) is 0 Å². The Labute approximate surface area is 178 Å². The summed E-state index contributed by atoms with van der Waals surface area (Å²) in [5, 5.41) is 19.4. The number of thioether (sulfide) groups is 1. The number of aliphatic hydroxyl groups is 1. The maximum absolute atomic E-state index is 12.2. The van der Waals surface area contributed by atoms with E-state index in [0.29, 0.717) is 24.3 Å². The number of carbonyl (C=O) groups excluding carboxylic acids is 1. The van der Waals surface area contributed by atoms with Crippen LogP contribution in [0.4, 0.5) is 0 Å². The fraction of sp³-hybridized carbons (Fsp3) is 0.652. The van der Waals surface area contributed by atoms with Crippen LogP contribution in [0.1, 0.15) is 80.6 Å². The molecule has 2 rings (SSSR count). The fourth-order valence-electron chi connectivity index (χ4n) is 3.72. The zero-order valence-corrected chi connectivity index (χ0v) is 18.3. The third kappa shape index (κ3) is 8.39. The van der Waals surface area contributed by atoms with Gasteiger partial charge in [0.15, 0.2) is 0 Å². The van der Waals surface area contributed by atoms with Gasteiger partial charge in [-0.25, -0.2) is 4.79 Å². The number of rotatable bonds is 14. The molecule has 0 saturated carbocycles. The van der Waals surface area contributed by atoms with Crippen molar-refractivity contribution >= 4 is 23.6 Å². The molecule has 1 saturated heterocycles. The molecule has 0 radical (unpaired) electrons. The largest absolute Gasteiger partial charge is 0.478 e. The van der Waals surface area contributed by atoms with Crippen LogP contribution < -0.4 is 0 Å². The third-order valence-corrected chi connectivity index (χ3v) is 6.82. The van der Waals surface area contributed by atoms with E-state index in [-0.39, 0.29) is 17.4 Å². The van der Waals surface area contributed by atoms with Gasteiger partial charge in [-0.3, -0.25) is 4.79 Å². The van der Waals surface area contributed by atoms with Crippen LogP contribution in [0, 0.1) is 0 Å². The Kier molecular flexibility index (Phi) is 10.6. The summed E-state index contributed by atoms with van der Waals surface area (Å²) in [7, 11) is 0. The van der Waals surface area contributed by atoms with Gasteiger partial charge in [-0.15, -0.1) is 11.8 Å². The number of aliphatic hydroxyl groups excluding tert-OH is 1. The Morgan fingerprint density at radius 3 is 2.55 bits per heavy atom. The first-order valence-corrected chi connectivity index (χ1v) is 12.0. The number of carboxylic acid groups (broad SMARTS) is 1. The molecule has 2 N–H and O–H groups in total. The summed E-state index contributed by atoms with van der Waals surface area (Å²) in [4.78, 5) is 25.1. The van der Waals surface area contributed by atoms with Gasteiger partial charge in [0, 0.05) is 6.54 Å². The summed E-state index contributed by atoms with van der Waals surface area (Å²) in [5.74, 6) is -0.192. The SMILES string of the molecule is CCCCCCC[C@H](O)CCN1C(=O)CS[C@H]1CCCc1ccc(C(=O)O)cc1. The van der Waals surface area contributed by atoms with Crippen LogP contribution >= 0.6 is 11.8 Å². The second-order valence-corrected chi connectivity index (χ2v) is 9.06. The standard InChI is InChI=1S/C23H35NO4S/c1-2-3-4-5-6-9-20(25)15-16-24-21(26)17-29-22(24)10-7-8-18-11-13-19(14-12-18)23(27)28/h11-14,20,22,25H,2-10,15-17H2,1H3,(H,27,28)/t20-,22-/m0/s1. The lowest BCUT2D eigenvalue weighted by Gasteiger charge is -2.25. The predicted octanol–water partition coefficient (Wildman–Crippen LogP) is 4.72. The van der Waals surface area contributed by atoms with Crippen molar-refractivity contribution in [3.63, 3.8) is 0 Å². The van der Waals surface area contributed by atoms with Crippen molar-refractivity contribution in [3.05, 3.63) is 35.4 Å². The highest BCUT2D eigenvalue weighted by molar-refractivity contribution is 8.00. The number of nitrogens with zero attached hydrogens (tertiary/aromatic N) is 1. The van der Waals surface area contributed by atoms with Gasteiger partial charge in [0.05, 0.1) is 22.8 Å². The number of aryl methyl sites for hydroxylation is 1. The van der Waals surface area contributed by atoms with Gasteiger partial charge in [0.1, 0.15) is 0 Å². The maximum atomic E-state index is 12.2. The number of unbranched alkanes of at least 4 members (excludes halogenated alkanes) is 4. The molecule has 1 aromatic rings. The number of benzene rings is 1. The van der Waals surface area contributed by atoms with Gasteiger partial charge in [-0.2, -0.15) is 0 Å². The first-order chi connectivity index (χ1) is 14.0. The van der Waals surface area contributed by atoms with Crippen LogP contribution in [-0.2, 0) is 11.2 Å². The van der Waals surface area contributed by atoms with Crippen molar-refractivity contribution in [2.45, 2.75) is 82.6 Å².